The number of hydrogen-bond acceptors (Lipinski definition) is 3. The number of halogens is 1. The molecule has 1 atom stereocenters. The summed E-state index contributed by atoms with van der Waals surface area (Å²) in [5, 5.41) is 4.33. The standard InChI is InChI=1S/C16H20FN3O/c1-16(2)9-13(7-8-21-16)15-18-11-19-20(15)10-12-3-5-14(17)6-4-12/h3-6,11,13H,7-10H2,1-2H3. The third-order valence-corrected chi connectivity index (χ3v) is 3.95. The summed E-state index contributed by atoms with van der Waals surface area (Å²) in [4.78, 5) is 4.44. The molecule has 0 spiro atoms. The molecule has 112 valence electrons. The largest absolute Gasteiger partial charge is 0.376 e. The first-order valence-electron chi connectivity index (χ1n) is 7.30. The van der Waals surface area contributed by atoms with Crippen LogP contribution in [0.1, 0.15) is 44.0 Å². The number of benzene rings is 1. The lowest BCUT2D eigenvalue weighted by Crippen LogP contribution is -2.34. The Balaban J connectivity index is 1.79. The average molecular weight is 289 g/mol. The Labute approximate surface area is 124 Å². The second-order valence-electron chi connectivity index (χ2n) is 6.20. The van der Waals surface area contributed by atoms with Gasteiger partial charge in [-0.05, 0) is 44.4 Å². The smallest absolute Gasteiger partial charge is 0.138 e. The van der Waals surface area contributed by atoms with Crippen molar-refractivity contribution in [3.05, 3.63) is 47.8 Å². The van der Waals surface area contributed by atoms with Crippen LogP contribution in [-0.4, -0.2) is 27.0 Å². The fourth-order valence-electron chi connectivity index (χ4n) is 2.93. The average Bonchev–Trinajstić information content (AvgIpc) is 2.88. The fourth-order valence-corrected chi connectivity index (χ4v) is 2.93. The summed E-state index contributed by atoms with van der Waals surface area (Å²) in [5.74, 6) is 1.14. The monoisotopic (exact) mass is 289 g/mol. The molecular weight excluding hydrogens is 269 g/mol. The van der Waals surface area contributed by atoms with Crippen LogP contribution in [0.2, 0.25) is 0 Å². The van der Waals surface area contributed by atoms with Crippen LogP contribution in [0.4, 0.5) is 4.39 Å². The first kappa shape index (κ1) is 14.2. The van der Waals surface area contributed by atoms with Gasteiger partial charge in [-0.25, -0.2) is 14.1 Å². The van der Waals surface area contributed by atoms with Crippen LogP contribution in [0.3, 0.4) is 0 Å². The van der Waals surface area contributed by atoms with E-state index in [0.717, 1.165) is 30.8 Å². The van der Waals surface area contributed by atoms with Crippen molar-refractivity contribution in [2.75, 3.05) is 6.61 Å². The maximum absolute atomic E-state index is 13.0. The highest BCUT2D eigenvalue weighted by Gasteiger charge is 2.32. The zero-order valence-corrected chi connectivity index (χ0v) is 12.4. The summed E-state index contributed by atoms with van der Waals surface area (Å²) < 4.78 is 20.7. The van der Waals surface area contributed by atoms with E-state index in [4.69, 9.17) is 4.74 Å². The second kappa shape index (κ2) is 5.56. The van der Waals surface area contributed by atoms with Gasteiger partial charge in [0.1, 0.15) is 18.0 Å². The number of nitrogens with zero attached hydrogens (tertiary/aromatic N) is 3. The molecule has 0 aliphatic carbocycles. The zero-order chi connectivity index (χ0) is 14.9. The van der Waals surface area contributed by atoms with Crippen LogP contribution in [0.5, 0.6) is 0 Å². The maximum Gasteiger partial charge on any atom is 0.138 e. The molecular formula is C16H20FN3O. The Morgan fingerprint density at radius 1 is 1.33 bits per heavy atom. The van der Waals surface area contributed by atoms with E-state index in [1.165, 1.54) is 12.1 Å². The normalized spacial score (nSPS) is 21.4. The highest BCUT2D eigenvalue weighted by Crippen LogP contribution is 2.34. The highest BCUT2D eigenvalue weighted by molar-refractivity contribution is 5.17. The Bertz CT molecular complexity index is 606. The van der Waals surface area contributed by atoms with Gasteiger partial charge in [0.15, 0.2) is 0 Å². The molecule has 1 unspecified atom stereocenters. The predicted molar refractivity (Wildman–Crippen MR) is 77.5 cm³/mol. The quantitative estimate of drug-likeness (QED) is 0.871. The van der Waals surface area contributed by atoms with E-state index in [9.17, 15) is 4.39 Å². The van der Waals surface area contributed by atoms with E-state index in [1.807, 2.05) is 4.68 Å². The van der Waals surface area contributed by atoms with E-state index in [1.54, 1.807) is 18.5 Å². The van der Waals surface area contributed by atoms with E-state index in [0.29, 0.717) is 12.5 Å². The predicted octanol–water partition coefficient (Wildman–Crippen LogP) is 3.14. The minimum absolute atomic E-state index is 0.116. The summed E-state index contributed by atoms with van der Waals surface area (Å²) >= 11 is 0. The van der Waals surface area contributed by atoms with Crippen molar-refractivity contribution in [2.45, 2.75) is 44.8 Å². The molecule has 0 N–H and O–H groups in total. The molecule has 21 heavy (non-hydrogen) atoms. The molecule has 1 aromatic carbocycles. The minimum Gasteiger partial charge on any atom is -0.376 e. The van der Waals surface area contributed by atoms with Crippen molar-refractivity contribution >= 4 is 0 Å². The molecule has 0 saturated carbocycles. The Morgan fingerprint density at radius 2 is 2.10 bits per heavy atom. The van der Waals surface area contributed by atoms with Gasteiger partial charge < -0.3 is 4.74 Å². The van der Waals surface area contributed by atoms with Crippen molar-refractivity contribution in [2.24, 2.45) is 0 Å². The van der Waals surface area contributed by atoms with E-state index in [-0.39, 0.29) is 11.4 Å². The summed E-state index contributed by atoms with van der Waals surface area (Å²) in [6.45, 7) is 5.59. The molecule has 5 heteroatoms. The fraction of sp³-hybridized carbons (Fsp3) is 0.500. The molecule has 0 amide bonds. The minimum atomic E-state index is -0.219. The molecule has 1 aliphatic heterocycles. The van der Waals surface area contributed by atoms with E-state index in [2.05, 4.69) is 23.9 Å². The van der Waals surface area contributed by atoms with Crippen LogP contribution >= 0.6 is 0 Å². The lowest BCUT2D eigenvalue weighted by atomic mass is 9.88. The molecule has 0 radical (unpaired) electrons. The summed E-state index contributed by atoms with van der Waals surface area (Å²) in [6, 6.07) is 6.52. The van der Waals surface area contributed by atoms with Gasteiger partial charge >= 0.3 is 0 Å². The van der Waals surface area contributed by atoms with E-state index >= 15 is 0 Å². The molecule has 2 heterocycles. The first-order valence-corrected chi connectivity index (χ1v) is 7.30. The van der Waals surface area contributed by atoms with Gasteiger partial charge in [-0.1, -0.05) is 12.1 Å². The van der Waals surface area contributed by atoms with Crippen molar-refractivity contribution in [3.8, 4) is 0 Å². The van der Waals surface area contributed by atoms with Crippen molar-refractivity contribution < 1.29 is 9.13 Å². The zero-order valence-electron chi connectivity index (χ0n) is 12.4. The Kier molecular flexibility index (Phi) is 3.76. The molecule has 3 rings (SSSR count). The number of ether oxygens (including phenoxy) is 1. The van der Waals surface area contributed by atoms with Crippen LogP contribution < -0.4 is 0 Å². The van der Waals surface area contributed by atoms with Crippen molar-refractivity contribution in [3.63, 3.8) is 0 Å². The lowest BCUT2D eigenvalue weighted by Gasteiger charge is -2.35. The molecule has 2 aromatic rings. The highest BCUT2D eigenvalue weighted by atomic mass is 19.1. The van der Waals surface area contributed by atoms with Crippen LogP contribution in [-0.2, 0) is 11.3 Å². The van der Waals surface area contributed by atoms with E-state index < -0.39 is 0 Å². The third kappa shape index (κ3) is 3.29. The summed E-state index contributed by atoms with van der Waals surface area (Å²) in [7, 11) is 0. The maximum atomic E-state index is 13.0. The molecule has 1 fully saturated rings. The molecule has 1 saturated heterocycles. The van der Waals surface area contributed by atoms with Gasteiger partial charge in [-0.2, -0.15) is 5.10 Å². The van der Waals surface area contributed by atoms with Gasteiger partial charge in [-0.3, -0.25) is 0 Å². The molecule has 1 aromatic heterocycles. The molecule has 4 nitrogen and oxygen atoms in total. The van der Waals surface area contributed by atoms with Crippen LogP contribution in [0, 0.1) is 5.82 Å². The van der Waals surface area contributed by atoms with Gasteiger partial charge in [-0.15, -0.1) is 0 Å². The van der Waals surface area contributed by atoms with Gasteiger partial charge in [0.05, 0.1) is 12.1 Å². The molecule has 1 aliphatic rings. The molecule has 0 bridgehead atoms. The number of hydrogen-bond donors (Lipinski definition) is 0. The lowest BCUT2D eigenvalue weighted by molar-refractivity contribution is -0.0607. The van der Waals surface area contributed by atoms with Gasteiger partial charge in [0.2, 0.25) is 0 Å². The summed E-state index contributed by atoms with van der Waals surface area (Å²) in [6.07, 6.45) is 3.50. The Hall–Kier alpha value is -1.75. The third-order valence-electron chi connectivity index (χ3n) is 3.95. The van der Waals surface area contributed by atoms with Crippen LogP contribution in [0.25, 0.3) is 0 Å². The Morgan fingerprint density at radius 3 is 2.81 bits per heavy atom. The van der Waals surface area contributed by atoms with Crippen molar-refractivity contribution in [1.82, 2.24) is 14.8 Å². The van der Waals surface area contributed by atoms with Gasteiger partial charge in [0, 0.05) is 12.5 Å². The topological polar surface area (TPSA) is 39.9 Å². The van der Waals surface area contributed by atoms with Crippen LogP contribution in [0.15, 0.2) is 30.6 Å². The van der Waals surface area contributed by atoms with Crippen molar-refractivity contribution in [1.29, 1.82) is 0 Å². The number of aromatic nitrogens is 3. The first-order chi connectivity index (χ1) is 10.0. The number of rotatable bonds is 3. The SMILES string of the molecule is CC1(C)CC(c2ncnn2Cc2ccc(F)cc2)CCO1. The summed E-state index contributed by atoms with van der Waals surface area (Å²) in [5.41, 5.74) is 0.907. The second-order valence-corrected chi connectivity index (χ2v) is 6.20. The van der Waals surface area contributed by atoms with Gasteiger partial charge in [0.25, 0.3) is 0 Å².